The van der Waals surface area contributed by atoms with E-state index in [0.717, 1.165) is 28.6 Å². The minimum atomic E-state index is -0.620. The number of amides is 1. The van der Waals surface area contributed by atoms with Gasteiger partial charge in [0, 0.05) is 30.7 Å². The van der Waals surface area contributed by atoms with Crippen molar-refractivity contribution in [3.05, 3.63) is 50.6 Å². The zero-order valence-electron chi connectivity index (χ0n) is 13.9. The van der Waals surface area contributed by atoms with Crippen LogP contribution in [0.15, 0.2) is 29.2 Å². The number of aromatic nitrogens is 3. The lowest BCUT2D eigenvalue weighted by Gasteiger charge is -2.13. The van der Waals surface area contributed by atoms with Crippen LogP contribution in [0.25, 0.3) is 0 Å². The molecule has 0 aromatic carbocycles. The van der Waals surface area contributed by atoms with Gasteiger partial charge in [-0.1, -0.05) is 20.8 Å². The molecule has 0 bridgehead atoms. The van der Waals surface area contributed by atoms with E-state index in [2.05, 4.69) is 10.4 Å². The van der Waals surface area contributed by atoms with E-state index in [0.29, 0.717) is 5.82 Å². The van der Waals surface area contributed by atoms with Crippen molar-refractivity contribution in [3.8, 4) is 0 Å². The molecule has 128 valence electrons. The number of nitro groups is 1. The molecule has 1 amide bonds. The van der Waals surface area contributed by atoms with Gasteiger partial charge >= 0.3 is 0 Å². The molecule has 9 heteroatoms. The first-order chi connectivity index (χ1) is 11.1. The molecule has 0 spiro atoms. The summed E-state index contributed by atoms with van der Waals surface area (Å²) in [7, 11) is 1.70. The number of pyridine rings is 1. The van der Waals surface area contributed by atoms with E-state index in [1.54, 1.807) is 13.1 Å². The van der Waals surface area contributed by atoms with E-state index in [9.17, 15) is 19.7 Å². The van der Waals surface area contributed by atoms with Gasteiger partial charge < -0.3 is 5.32 Å². The van der Waals surface area contributed by atoms with Crippen molar-refractivity contribution in [1.82, 2.24) is 14.3 Å². The predicted molar refractivity (Wildman–Crippen MR) is 87.9 cm³/mol. The van der Waals surface area contributed by atoms with Crippen molar-refractivity contribution in [2.24, 2.45) is 7.05 Å². The van der Waals surface area contributed by atoms with Gasteiger partial charge in [-0.15, -0.1) is 0 Å². The molecule has 2 aromatic rings. The second-order valence-corrected chi connectivity index (χ2v) is 6.45. The molecule has 0 aliphatic rings. The number of hydrogen-bond acceptors (Lipinski definition) is 5. The fourth-order valence-corrected chi connectivity index (χ4v) is 2.04. The lowest BCUT2D eigenvalue weighted by atomic mass is 9.92. The maximum Gasteiger partial charge on any atom is 0.285 e. The highest BCUT2D eigenvalue weighted by molar-refractivity contribution is 5.89. The van der Waals surface area contributed by atoms with E-state index in [1.165, 1.54) is 4.68 Å². The lowest BCUT2D eigenvalue weighted by Crippen LogP contribution is -2.27. The minimum Gasteiger partial charge on any atom is -0.309 e. The fraction of sp³-hybridized carbons (Fsp3) is 0.400. The standard InChI is InChI=1S/C15H19N5O4/c1-15(2,3)11-7-12(18(4)17-11)16-13(21)9-19-8-10(20(23)24)5-6-14(19)22/h5-8H,9H2,1-4H3,(H,16,21). The Kier molecular flexibility index (Phi) is 4.54. The van der Waals surface area contributed by atoms with Gasteiger partial charge in [-0.05, 0) is 0 Å². The first-order valence-corrected chi connectivity index (χ1v) is 7.27. The van der Waals surface area contributed by atoms with Gasteiger partial charge in [-0.3, -0.25) is 29.0 Å². The summed E-state index contributed by atoms with van der Waals surface area (Å²) in [6, 6.07) is 3.93. The third-order valence-corrected chi connectivity index (χ3v) is 3.41. The van der Waals surface area contributed by atoms with Crippen LogP contribution in [0.4, 0.5) is 11.5 Å². The number of rotatable bonds is 4. The number of carbonyl (C=O) groups is 1. The largest absolute Gasteiger partial charge is 0.309 e. The van der Waals surface area contributed by atoms with Crippen LogP contribution in [0.5, 0.6) is 0 Å². The van der Waals surface area contributed by atoms with Gasteiger partial charge in [-0.2, -0.15) is 5.10 Å². The van der Waals surface area contributed by atoms with E-state index < -0.39 is 16.4 Å². The Morgan fingerprint density at radius 3 is 2.58 bits per heavy atom. The van der Waals surface area contributed by atoms with Crippen LogP contribution >= 0.6 is 0 Å². The van der Waals surface area contributed by atoms with Gasteiger partial charge in [0.15, 0.2) is 0 Å². The summed E-state index contributed by atoms with van der Waals surface area (Å²) in [6.07, 6.45) is 1.05. The van der Waals surface area contributed by atoms with Gasteiger partial charge in [0.25, 0.3) is 11.2 Å². The van der Waals surface area contributed by atoms with Gasteiger partial charge in [0.2, 0.25) is 5.91 Å². The molecule has 9 nitrogen and oxygen atoms in total. The highest BCUT2D eigenvalue weighted by Gasteiger charge is 2.20. The predicted octanol–water partition coefficient (Wildman–Crippen LogP) is 1.43. The quantitative estimate of drug-likeness (QED) is 0.672. The molecule has 1 N–H and O–H groups in total. The fourth-order valence-electron chi connectivity index (χ4n) is 2.04. The number of hydrogen-bond donors (Lipinski definition) is 1. The van der Waals surface area contributed by atoms with Crippen LogP contribution in [0.3, 0.4) is 0 Å². The molecule has 0 atom stereocenters. The average Bonchev–Trinajstić information content (AvgIpc) is 2.82. The molecule has 2 heterocycles. The summed E-state index contributed by atoms with van der Waals surface area (Å²) in [4.78, 5) is 34.0. The summed E-state index contributed by atoms with van der Waals surface area (Å²) in [6.45, 7) is 5.69. The molecule has 0 saturated heterocycles. The van der Waals surface area contributed by atoms with Crippen molar-refractivity contribution in [2.75, 3.05) is 5.32 Å². The third-order valence-electron chi connectivity index (χ3n) is 3.41. The molecule has 0 fully saturated rings. The molecule has 0 unspecified atom stereocenters. The smallest absolute Gasteiger partial charge is 0.285 e. The Hall–Kier alpha value is -2.97. The van der Waals surface area contributed by atoms with E-state index in [-0.39, 0.29) is 17.6 Å². The average molecular weight is 333 g/mol. The highest BCUT2D eigenvalue weighted by Crippen LogP contribution is 2.23. The number of aryl methyl sites for hydroxylation is 1. The molecule has 2 aromatic heterocycles. The Labute approximate surface area is 138 Å². The molecule has 0 aliphatic heterocycles. The summed E-state index contributed by atoms with van der Waals surface area (Å²) in [5.74, 6) is 0.0180. The van der Waals surface area contributed by atoms with Gasteiger partial charge in [0.05, 0.1) is 16.8 Å². The number of nitrogens with zero attached hydrogens (tertiary/aromatic N) is 4. The lowest BCUT2D eigenvalue weighted by molar-refractivity contribution is -0.385. The van der Waals surface area contributed by atoms with Crippen molar-refractivity contribution in [1.29, 1.82) is 0 Å². The molecule has 0 radical (unpaired) electrons. The zero-order valence-corrected chi connectivity index (χ0v) is 13.9. The highest BCUT2D eigenvalue weighted by atomic mass is 16.6. The molecule has 2 rings (SSSR count). The van der Waals surface area contributed by atoms with Crippen molar-refractivity contribution < 1.29 is 9.72 Å². The second kappa shape index (κ2) is 6.26. The first-order valence-electron chi connectivity index (χ1n) is 7.27. The second-order valence-electron chi connectivity index (χ2n) is 6.45. The summed E-state index contributed by atoms with van der Waals surface area (Å²) < 4.78 is 2.53. The van der Waals surface area contributed by atoms with Crippen LogP contribution < -0.4 is 10.9 Å². The van der Waals surface area contributed by atoms with Gasteiger partial charge in [0.1, 0.15) is 12.4 Å². The monoisotopic (exact) mass is 333 g/mol. The maximum absolute atomic E-state index is 12.1. The molecular weight excluding hydrogens is 314 g/mol. The topological polar surface area (TPSA) is 112 Å². The molecule has 0 saturated carbocycles. The third kappa shape index (κ3) is 3.86. The first kappa shape index (κ1) is 17.4. The molecular formula is C15H19N5O4. The Balaban J connectivity index is 2.17. The van der Waals surface area contributed by atoms with E-state index >= 15 is 0 Å². The van der Waals surface area contributed by atoms with Crippen molar-refractivity contribution in [3.63, 3.8) is 0 Å². The number of anilines is 1. The van der Waals surface area contributed by atoms with Crippen LogP contribution in [0, 0.1) is 10.1 Å². The van der Waals surface area contributed by atoms with Crippen LogP contribution in [0.1, 0.15) is 26.5 Å². The normalized spacial score (nSPS) is 11.3. The Bertz CT molecular complexity index is 844. The van der Waals surface area contributed by atoms with E-state index in [4.69, 9.17) is 0 Å². The maximum atomic E-state index is 12.1. The van der Waals surface area contributed by atoms with Gasteiger partial charge in [-0.25, -0.2) is 0 Å². The Morgan fingerprint density at radius 1 is 1.38 bits per heavy atom. The minimum absolute atomic E-state index is 0.169. The summed E-state index contributed by atoms with van der Waals surface area (Å²) in [5, 5.41) is 17.8. The number of nitrogens with one attached hydrogen (secondary N) is 1. The van der Waals surface area contributed by atoms with Crippen LogP contribution in [-0.4, -0.2) is 25.2 Å². The zero-order chi connectivity index (χ0) is 18.1. The number of carbonyl (C=O) groups excluding carboxylic acids is 1. The Morgan fingerprint density at radius 2 is 2.04 bits per heavy atom. The SMILES string of the molecule is Cn1nc(C(C)(C)C)cc1NC(=O)Cn1cc([N+](=O)[O-])ccc1=O. The van der Waals surface area contributed by atoms with Crippen LogP contribution in [-0.2, 0) is 23.8 Å². The van der Waals surface area contributed by atoms with Crippen molar-refractivity contribution >= 4 is 17.4 Å². The molecule has 0 aliphatic carbocycles. The van der Waals surface area contributed by atoms with Crippen LogP contribution in [0.2, 0.25) is 0 Å². The summed E-state index contributed by atoms with van der Waals surface area (Å²) >= 11 is 0. The molecule has 24 heavy (non-hydrogen) atoms. The summed E-state index contributed by atoms with van der Waals surface area (Å²) in [5.41, 5.74) is -0.0977. The van der Waals surface area contributed by atoms with E-state index in [1.807, 2.05) is 20.8 Å². The van der Waals surface area contributed by atoms with Crippen molar-refractivity contribution in [2.45, 2.75) is 32.7 Å².